The summed E-state index contributed by atoms with van der Waals surface area (Å²) in [5.74, 6) is -0.225. The molecule has 0 saturated heterocycles. The summed E-state index contributed by atoms with van der Waals surface area (Å²) in [5.41, 5.74) is 2.16. The van der Waals surface area contributed by atoms with Crippen molar-refractivity contribution in [3.05, 3.63) is 110 Å². The quantitative estimate of drug-likeness (QED) is 0.267. The minimum atomic E-state index is -0.672. The van der Waals surface area contributed by atoms with Crippen molar-refractivity contribution in [1.82, 2.24) is 19.3 Å². The van der Waals surface area contributed by atoms with Crippen LogP contribution in [-0.4, -0.2) is 29.5 Å². The van der Waals surface area contributed by atoms with Gasteiger partial charge in [-0.05, 0) is 59.4 Å². The van der Waals surface area contributed by atoms with Crippen LogP contribution in [0.1, 0.15) is 50.5 Å². The highest BCUT2D eigenvalue weighted by atomic mass is 19.1. The van der Waals surface area contributed by atoms with E-state index in [1.54, 1.807) is 62.6 Å². The molecule has 0 aliphatic heterocycles. The molecule has 0 bridgehead atoms. The van der Waals surface area contributed by atoms with Crippen LogP contribution in [0.4, 0.5) is 15.9 Å². The third-order valence-corrected chi connectivity index (χ3v) is 7.27. The summed E-state index contributed by atoms with van der Waals surface area (Å²) in [6, 6.07) is 13.3. The molecule has 10 heteroatoms. The molecule has 5 rings (SSSR count). The van der Waals surface area contributed by atoms with Crippen molar-refractivity contribution in [1.29, 1.82) is 0 Å². The van der Waals surface area contributed by atoms with Crippen LogP contribution in [0.5, 0.6) is 0 Å². The highest BCUT2D eigenvalue weighted by Crippen LogP contribution is 2.31. The summed E-state index contributed by atoms with van der Waals surface area (Å²) >= 11 is 0. The van der Waals surface area contributed by atoms with Gasteiger partial charge in [-0.2, -0.15) is 9.78 Å². The fraction of sp³-hybridized carbons (Fsp3) is 0.250. The van der Waals surface area contributed by atoms with E-state index in [9.17, 15) is 19.8 Å². The summed E-state index contributed by atoms with van der Waals surface area (Å²) in [4.78, 5) is 30.8. The molecular weight excluding hydrogens is 537 g/mol. The number of aryl methyl sites for hydroxylation is 1. The molecule has 0 fully saturated rings. The number of hydrogen-bond donors (Lipinski definition) is 3. The maximum absolute atomic E-state index is 15.3. The van der Waals surface area contributed by atoms with E-state index in [-0.39, 0.29) is 22.0 Å². The van der Waals surface area contributed by atoms with Crippen molar-refractivity contribution < 1.29 is 14.6 Å². The van der Waals surface area contributed by atoms with E-state index in [0.717, 1.165) is 10.2 Å². The summed E-state index contributed by atoms with van der Waals surface area (Å²) in [6.45, 7) is 7.08. The van der Waals surface area contributed by atoms with E-state index in [1.165, 1.54) is 23.0 Å². The second-order valence-corrected chi connectivity index (χ2v) is 11.3. The van der Waals surface area contributed by atoms with Crippen molar-refractivity contribution >= 4 is 22.3 Å². The van der Waals surface area contributed by atoms with Crippen LogP contribution in [0.15, 0.2) is 76.7 Å². The number of hydrogen-bond acceptors (Lipinski definition) is 7. The second-order valence-electron chi connectivity index (χ2n) is 11.3. The third kappa shape index (κ3) is 5.34. The van der Waals surface area contributed by atoms with Crippen molar-refractivity contribution in [3.63, 3.8) is 0 Å². The fourth-order valence-electron chi connectivity index (χ4n) is 4.86. The molecule has 0 saturated carbocycles. The maximum atomic E-state index is 15.3. The molecule has 3 heterocycles. The molecule has 0 aliphatic rings. The van der Waals surface area contributed by atoms with Gasteiger partial charge in [0.05, 0.1) is 30.0 Å². The molecule has 5 aromatic rings. The van der Waals surface area contributed by atoms with Gasteiger partial charge in [0.15, 0.2) is 0 Å². The van der Waals surface area contributed by atoms with Crippen LogP contribution in [-0.2, 0) is 19.1 Å². The van der Waals surface area contributed by atoms with Crippen LogP contribution in [0.3, 0.4) is 0 Å². The molecule has 0 radical (unpaired) electrons. The first-order chi connectivity index (χ1) is 19.9. The molecule has 0 amide bonds. The number of anilines is 2. The molecule has 3 aromatic heterocycles. The lowest BCUT2D eigenvalue weighted by molar-refractivity contribution is 0.199. The van der Waals surface area contributed by atoms with Gasteiger partial charge in [0.2, 0.25) is 0 Å². The van der Waals surface area contributed by atoms with Gasteiger partial charge in [0, 0.05) is 36.0 Å². The van der Waals surface area contributed by atoms with Gasteiger partial charge < -0.3 is 20.1 Å². The van der Waals surface area contributed by atoms with E-state index in [1.807, 2.05) is 20.8 Å². The first-order valence-corrected chi connectivity index (χ1v) is 13.5. The molecule has 0 spiro atoms. The Bertz CT molecular complexity index is 1920. The molecule has 1 unspecified atom stereocenters. The van der Waals surface area contributed by atoms with E-state index in [4.69, 9.17) is 0 Å². The summed E-state index contributed by atoms with van der Waals surface area (Å²) in [6.07, 6.45) is 3.93. The molecule has 0 aliphatic carbocycles. The average molecular weight is 570 g/mol. The van der Waals surface area contributed by atoms with Crippen LogP contribution < -0.4 is 16.4 Å². The normalized spacial score (nSPS) is 12.5. The minimum absolute atomic E-state index is 0.0880. The van der Waals surface area contributed by atoms with E-state index in [0.29, 0.717) is 39.1 Å². The monoisotopic (exact) mass is 569 g/mol. The van der Waals surface area contributed by atoms with Gasteiger partial charge in [-0.3, -0.25) is 9.59 Å². The molecule has 1 atom stereocenters. The van der Waals surface area contributed by atoms with Crippen LogP contribution in [0, 0.1) is 5.82 Å². The molecule has 42 heavy (non-hydrogen) atoms. The Kier molecular flexibility index (Phi) is 7.53. The Balaban J connectivity index is 1.62. The zero-order valence-electron chi connectivity index (χ0n) is 24.0. The lowest BCUT2D eigenvalue weighted by Gasteiger charge is -2.20. The number of nitrogens with one attached hydrogen (secondary N) is 1. The van der Waals surface area contributed by atoms with Crippen LogP contribution >= 0.6 is 0 Å². The standard InChI is InChI=1S/C32H32FN5O4/c1-18(40)19-9-10-28(34-14-19)36-26-12-21(16-37(5)30(26)41)23-7-6-8-27(24(23)17-39)38-31(42)29-20(15-35-38)11-22(13-25(29)33)32(2,3)4/h6-16,18,39-40H,17H2,1-5H3,(H,34,36). The lowest BCUT2D eigenvalue weighted by atomic mass is 9.86. The van der Waals surface area contributed by atoms with Crippen LogP contribution in [0.2, 0.25) is 0 Å². The summed E-state index contributed by atoms with van der Waals surface area (Å²) < 4.78 is 17.8. The number of halogens is 1. The number of aliphatic hydroxyl groups excluding tert-OH is 2. The highest BCUT2D eigenvalue weighted by Gasteiger charge is 2.21. The Hall–Kier alpha value is -4.67. The van der Waals surface area contributed by atoms with Gasteiger partial charge in [0.25, 0.3) is 11.1 Å². The first-order valence-electron chi connectivity index (χ1n) is 13.5. The SMILES string of the molecule is CC(O)c1ccc(Nc2cc(-c3cccc(-n4ncc5cc(C(C)(C)C)cc(F)c5c4=O)c3CO)cn(C)c2=O)nc1. The zero-order valence-corrected chi connectivity index (χ0v) is 24.0. The van der Waals surface area contributed by atoms with E-state index in [2.05, 4.69) is 15.4 Å². The smallest absolute Gasteiger partial charge is 0.282 e. The summed E-state index contributed by atoms with van der Waals surface area (Å²) in [5, 5.41) is 27.9. The van der Waals surface area contributed by atoms with Crippen molar-refractivity contribution in [2.75, 3.05) is 5.32 Å². The predicted octanol–water partition coefficient (Wildman–Crippen LogP) is 4.87. The Morgan fingerprint density at radius 1 is 1.05 bits per heavy atom. The first kappa shape index (κ1) is 28.8. The second kappa shape index (κ2) is 11.0. The topological polar surface area (TPSA) is 122 Å². The highest BCUT2D eigenvalue weighted by molar-refractivity contribution is 5.83. The van der Waals surface area contributed by atoms with E-state index < -0.39 is 24.1 Å². The summed E-state index contributed by atoms with van der Waals surface area (Å²) in [7, 11) is 1.60. The number of aliphatic hydroxyl groups is 2. The van der Waals surface area contributed by atoms with Gasteiger partial charge >= 0.3 is 0 Å². The number of aromatic nitrogens is 4. The fourth-order valence-corrected chi connectivity index (χ4v) is 4.86. The Labute approximate surface area is 241 Å². The van der Waals surface area contributed by atoms with Gasteiger partial charge in [-0.25, -0.2) is 9.37 Å². The van der Waals surface area contributed by atoms with Crippen molar-refractivity contribution in [2.24, 2.45) is 7.05 Å². The Morgan fingerprint density at radius 2 is 1.81 bits per heavy atom. The number of fused-ring (bicyclic) bond motifs is 1. The Morgan fingerprint density at radius 3 is 2.45 bits per heavy atom. The molecule has 216 valence electrons. The average Bonchev–Trinajstić information content (AvgIpc) is 2.94. The van der Waals surface area contributed by atoms with Crippen molar-refractivity contribution in [3.8, 4) is 16.8 Å². The largest absolute Gasteiger partial charge is 0.392 e. The van der Waals surface area contributed by atoms with Crippen molar-refractivity contribution in [2.45, 2.75) is 45.8 Å². The molecule has 9 nitrogen and oxygen atoms in total. The molecular formula is C32H32FN5O4. The van der Waals surface area contributed by atoms with Gasteiger partial charge in [-0.15, -0.1) is 0 Å². The van der Waals surface area contributed by atoms with E-state index >= 15 is 4.39 Å². The minimum Gasteiger partial charge on any atom is -0.392 e. The zero-order chi connectivity index (χ0) is 30.3. The number of pyridine rings is 2. The van der Waals surface area contributed by atoms with Gasteiger partial charge in [-0.1, -0.05) is 39.0 Å². The molecule has 3 N–H and O–H groups in total. The van der Waals surface area contributed by atoms with Crippen LogP contribution in [0.25, 0.3) is 27.6 Å². The number of benzene rings is 2. The van der Waals surface area contributed by atoms with Gasteiger partial charge in [0.1, 0.15) is 17.3 Å². The lowest BCUT2D eigenvalue weighted by Crippen LogP contribution is -2.24. The third-order valence-electron chi connectivity index (χ3n) is 7.27. The predicted molar refractivity (Wildman–Crippen MR) is 161 cm³/mol. The molecule has 2 aromatic carbocycles. The number of nitrogens with zero attached hydrogens (tertiary/aromatic N) is 4. The number of rotatable bonds is 6. The maximum Gasteiger partial charge on any atom is 0.282 e.